The second-order valence-corrected chi connectivity index (χ2v) is 4.68. The molecule has 1 heterocycles. The first kappa shape index (κ1) is 12.7. The molecule has 1 aliphatic carbocycles. The van der Waals surface area contributed by atoms with Gasteiger partial charge in [-0.15, -0.1) is 0 Å². The van der Waals surface area contributed by atoms with E-state index >= 15 is 0 Å². The van der Waals surface area contributed by atoms with Crippen molar-refractivity contribution in [2.45, 2.75) is 44.8 Å². The number of carbonyl (C=O) groups excluding carboxylic acids is 1. The van der Waals surface area contributed by atoms with Crippen molar-refractivity contribution in [2.24, 2.45) is 0 Å². The molecule has 1 aromatic heterocycles. The SMILES string of the molecule is Nc1ccc(=O)n(CC(=O)OC2CCCCC2)c1. The Morgan fingerprint density at radius 2 is 2.06 bits per heavy atom. The van der Waals surface area contributed by atoms with Crippen molar-refractivity contribution in [1.29, 1.82) is 0 Å². The lowest BCUT2D eigenvalue weighted by Crippen LogP contribution is -2.28. The van der Waals surface area contributed by atoms with Gasteiger partial charge in [-0.3, -0.25) is 9.59 Å². The lowest BCUT2D eigenvalue weighted by atomic mass is 9.98. The molecule has 18 heavy (non-hydrogen) atoms. The number of esters is 1. The van der Waals surface area contributed by atoms with Gasteiger partial charge in [0.2, 0.25) is 0 Å². The number of hydrogen-bond acceptors (Lipinski definition) is 4. The number of nitrogens with two attached hydrogens (primary N) is 1. The fourth-order valence-corrected chi connectivity index (χ4v) is 2.22. The summed E-state index contributed by atoms with van der Waals surface area (Å²) in [5.41, 5.74) is 5.79. The van der Waals surface area contributed by atoms with Crippen molar-refractivity contribution in [2.75, 3.05) is 5.73 Å². The van der Waals surface area contributed by atoms with E-state index in [-0.39, 0.29) is 24.2 Å². The van der Waals surface area contributed by atoms with Crippen LogP contribution in [0.4, 0.5) is 5.69 Å². The van der Waals surface area contributed by atoms with Gasteiger partial charge in [-0.25, -0.2) is 0 Å². The van der Waals surface area contributed by atoms with Crippen molar-refractivity contribution in [3.8, 4) is 0 Å². The highest BCUT2D eigenvalue weighted by molar-refractivity contribution is 5.69. The van der Waals surface area contributed by atoms with Crippen molar-refractivity contribution < 1.29 is 9.53 Å². The summed E-state index contributed by atoms with van der Waals surface area (Å²) in [4.78, 5) is 23.2. The summed E-state index contributed by atoms with van der Waals surface area (Å²) in [5, 5.41) is 0. The topological polar surface area (TPSA) is 74.3 Å². The number of nitrogens with zero attached hydrogens (tertiary/aromatic N) is 1. The zero-order valence-electron chi connectivity index (χ0n) is 10.3. The summed E-state index contributed by atoms with van der Waals surface area (Å²) < 4.78 is 6.63. The molecule has 5 heteroatoms. The molecule has 1 fully saturated rings. The van der Waals surface area contributed by atoms with Crippen LogP contribution in [-0.4, -0.2) is 16.6 Å². The van der Waals surface area contributed by atoms with Gasteiger partial charge >= 0.3 is 5.97 Å². The van der Waals surface area contributed by atoms with E-state index in [2.05, 4.69) is 0 Å². The predicted molar refractivity (Wildman–Crippen MR) is 68.1 cm³/mol. The van der Waals surface area contributed by atoms with Crippen LogP contribution in [0.3, 0.4) is 0 Å². The monoisotopic (exact) mass is 250 g/mol. The lowest BCUT2D eigenvalue weighted by molar-refractivity contribution is -0.151. The minimum atomic E-state index is -0.366. The van der Waals surface area contributed by atoms with Gasteiger partial charge in [0.15, 0.2) is 0 Å². The van der Waals surface area contributed by atoms with Gasteiger partial charge in [-0.05, 0) is 31.7 Å². The zero-order chi connectivity index (χ0) is 13.0. The first-order chi connectivity index (χ1) is 8.65. The van der Waals surface area contributed by atoms with Gasteiger partial charge in [0.05, 0.1) is 0 Å². The fourth-order valence-electron chi connectivity index (χ4n) is 2.22. The minimum absolute atomic E-state index is 0.0167. The quantitative estimate of drug-likeness (QED) is 0.821. The number of aromatic nitrogens is 1. The molecule has 1 aliphatic rings. The molecular weight excluding hydrogens is 232 g/mol. The van der Waals surface area contributed by atoms with E-state index in [4.69, 9.17) is 10.5 Å². The highest BCUT2D eigenvalue weighted by atomic mass is 16.5. The second-order valence-electron chi connectivity index (χ2n) is 4.68. The minimum Gasteiger partial charge on any atom is -0.461 e. The number of carbonyl (C=O) groups is 1. The average molecular weight is 250 g/mol. The molecule has 5 nitrogen and oxygen atoms in total. The molecule has 0 radical (unpaired) electrons. The Hall–Kier alpha value is -1.78. The molecule has 0 amide bonds. The van der Waals surface area contributed by atoms with Crippen molar-refractivity contribution in [3.63, 3.8) is 0 Å². The molecule has 2 N–H and O–H groups in total. The number of rotatable bonds is 3. The molecule has 0 saturated heterocycles. The van der Waals surface area contributed by atoms with Crippen LogP contribution in [0.2, 0.25) is 0 Å². The maximum Gasteiger partial charge on any atom is 0.326 e. The van der Waals surface area contributed by atoms with E-state index in [1.165, 1.54) is 29.3 Å². The van der Waals surface area contributed by atoms with Crippen molar-refractivity contribution in [3.05, 3.63) is 28.7 Å². The molecule has 1 saturated carbocycles. The van der Waals surface area contributed by atoms with Crippen LogP contribution in [0.5, 0.6) is 0 Å². The molecule has 0 unspecified atom stereocenters. The van der Waals surface area contributed by atoms with Gasteiger partial charge < -0.3 is 15.0 Å². The highest BCUT2D eigenvalue weighted by Gasteiger charge is 2.17. The Morgan fingerprint density at radius 3 is 2.78 bits per heavy atom. The highest BCUT2D eigenvalue weighted by Crippen LogP contribution is 2.20. The third-order valence-corrected chi connectivity index (χ3v) is 3.16. The Labute approximate surface area is 106 Å². The van der Waals surface area contributed by atoms with Gasteiger partial charge in [0, 0.05) is 18.0 Å². The van der Waals surface area contributed by atoms with Gasteiger partial charge in [0.1, 0.15) is 12.6 Å². The van der Waals surface area contributed by atoms with E-state index < -0.39 is 0 Å². The summed E-state index contributed by atoms with van der Waals surface area (Å²) >= 11 is 0. The maximum absolute atomic E-state index is 11.7. The molecule has 0 aliphatic heterocycles. The molecular formula is C13H18N2O3. The van der Waals surface area contributed by atoms with Crippen LogP contribution in [0, 0.1) is 0 Å². The molecule has 1 aromatic rings. The van der Waals surface area contributed by atoms with E-state index in [0.29, 0.717) is 5.69 Å². The summed E-state index contributed by atoms with van der Waals surface area (Å²) in [5.74, 6) is -0.366. The third-order valence-electron chi connectivity index (χ3n) is 3.16. The first-order valence-corrected chi connectivity index (χ1v) is 6.30. The summed E-state index contributed by atoms with van der Waals surface area (Å²) in [6, 6.07) is 2.87. The van der Waals surface area contributed by atoms with E-state index in [1.807, 2.05) is 0 Å². The molecule has 0 aromatic carbocycles. The van der Waals surface area contributed by atoms with Crippen LogP contribution < -0.4 is 11.3 Å². The standard InChI is InChI=1S/C13H18N2O3/c14-10-6-7-12(16)15(8-10)9-13(17)18-11-4-2-1-3-5-11/h6-8,11H,1-5,9,14H2. The zero-order valence-corrected chi connectivity index (χ0v) is 10.3. The number of anilines is 1. The number of nitrogen functional groups attached to an aromatic ring is 1. The Balaban J connectivity index is 1.94. The third kappa shape index (κ3) is 3.35. The summed E-state index contributed by atoms with van der Waals surface area (Å²) in [6.45, 7) is -0.0691. The molecule has 98 valence electrons. The molecule has 2 rings (SSSR count). The van der Waals surface area contributed by atoms with Crippen molar-refractivity contribution in [1.82, 2.24) is 4.57 Å². The van der Waals surface area contributed by atoms with Gasteiger partial charge in [0.25, 0.3) is 5.56 Å². The molecule has 0 bridgehead atoms. The maximum atomic E-state index is 11.7. The van der Waals surface area contributed by atoms with Crippen LogP contribution in [0.1, 0.15) is 32.1 Å². The Bertz CT molecular complexity index is 475. The summed E-state index contributed by atoms with van der Waals surface area (Å²) in [7, 11) is 0. The number of hydrogen-bond donors (Lipinski definition) is 1. The average Bonchev–Trinajstić information content (AvgIpc) is 2.35. The van der Waals surface area contributed by atoms with Crippen molar-refractivity contribution >= 4 is 11.7 Å². The van der Waals surface area contributed by atoms with Gasteiger partial charge in [-0.2, -0.15) is 0 Å². The summed E-state index contributed by atoms with van der Waals surface area (Å²) in [6.07, 6.45) is 6.76. The largest absolute Gasteiger partial charge is 0.461 e. The number of pyridine rings is 1. The van der Waals surface area contributed by atoms with Crippen LogP contribution >= 0.6 is 0 Å². The Kier molecular flexibility index (Phi) is 4.02. The number of ether oxygens (including phenoxy) is 1. The Morgan fingerprint density at radius 1 is 1.33 bits per heavy atom. The normalized spacial score (nSPS) is 16.4. The predicted octanol–water partition coefficient (Wildman–Crippen LogP) is 1.31. The van der Waals surface area contributed by atoms with Crippen LogP contribution in [0.15, 0.2) is 23.1 Å². The fraction of sp³-hybridized carbons (Fsp3) is 0.538. The van der Waals surface area contributed by atoms with E-state index in [9.17, 15) is 9.59 Å². The first-order valence-electron chi connectivity index (χ1n) is 6.30. The smallest absolute Gasteiger partial charge is 0.326 e. The van der Waals surface area contributed by atoms with Gasteiger partial charge in [-0.1, -0.05) is 6.42 Å². The lowest BCUT2D eigenvalue weighted by Gasteiger charge is -2.21. The van der Waals surface area contributed by atoms with Crippen LogP contribution in [0.25, 0.3) is 0 Å². The van der Waals surface area contributed by atoms with E-state index in [0.717, 1.165) is 25.7 Å². The molecule has 0 atom stereocenters. The molecule has 0 spiro atoms. The second kappa shape index (κ2) is 5.71. The van der Waals surface area contributed by atoms with E-state index in [1.54, 1.807) is 0 Å². The van der Waals surface area contributed by atoms with Crippen LogP contribution in [-0.2, 0) is 16.1 Å².